The molecule has 3 rings (SSSR count). The Bertz CT molecular complexity index is 869. The van der Waals surface area contributed by atoms with Crippen molar-refractivity contribution in [3.05, 3.63) is 52.9 Å². The number of pyridine rings is 2. The van der Waals surface area contributed by atoms with Crippen LogP contribution in [0.4, 0.5) is 0 Å². The molecule has 0 bridgehead atoms. The summed E-state index contributed by atoms with van der Waals surface area (Å²) in [6, 6.07) is 9.81. The summed E-state index contributed by atoms with van der Waals surface area (Å²) in [6.07, 6.45) is 1.43. The van der Waals surface area contributed by atoms with Gasteiger partial charge in [-0.3, -0.25) is 4.79 Å². The molecule has 0 saturated carbocycles. The smallest absolute Gasteiger partial charge is 0.296 e. The van der Waals surface area contributed by atoms with E-state index in [2.05, 4.69) is 4.98 Å². The van der Waals surface area contributed by atoms with E-state index in [4.69, 9.17) is 4.74 Å². The van der Waals surface area contributed by atoms with E-state index in [-0.39, 0.29) is 17.0 Å². The molecule has 0 aliphatic rings. The van der Waals surface area contributed by atoms with Crippen LogP contribution in [0.25, 0.3) is 22.2 Å². The fraction of sp³-hybridized carbons (Fsp3) is 0.0667. The monoisotopic (exact) mass is 284 g/mol. The third kappa shape index (κ3) is 1.97. The zero-order valence-electron chi connectivity index (χ0n) is 11.1. The van der Waals surface area contributed by atoms with Gasteiger partial charge in [0, 0.05) is 6.20 Å². The number of rotatable bonds is 2. The highest BCUT2D eigenvalue weighted by Gasteiger charge is 2.18. The van der Waals surface area contributed by atoms with Crippen LogP contribution in [-0.4, -0.2) is 27.1 Å². The summed E-state index contributed by atoms with van der Waals surface area (Å²) < 4.78 is 5.49. The summed E-state index contributed by atoms with van der Waals surface area (Å²) >= 11 is 0. The fourth-order valence-corrected chi connectivity index (χ4v) is 2.21. The molecule has 0 saturated heterocycles. The summed E-state index contributed by atoms with van der Waals surface area (Å²) in [5.41, 5.74) is -0.228. The lowest BCUT2D eigenvalue weighted by atomic mass is 10.0. The minimum absolute atomic E-state index is 0.0114. The van der Waals surface area contributed by atoms with Crippen molar-refractivity contribution >= 4 is 11.0 Å². The molecule has 0 fully saturated rings. The molecular weight excluding hydrogens is 272 g/mol. The molecule has 21 heavy (non-hydrogen) atoms. The zero-order chi connectivity index (χ0) is 15.0. The zero-order valence-corrected chi connectivity index (χ0v) is 11.1. The predicted octanol–water partition coefficient (Wildman–Crippen LogP) is 2.01. The first-order chi connectivity index (χ1) is 10.1. The maximum Gasteiger partial charge on any atom is 0.296 e. The van der Waals surface area contributed by atoms with Gasteiger partial charge >= 0.3 is 0 Å². The average Bonchev–Trinajstić information content (AvgIpc) is 2.53. The predicted molar refractivity (Wildman–Crippen MR) is 76.8 cm³/mol. The molecule has 1 aromatic carbocycles. The van der Waals surface area contributed by atoms with Crippen LogP contribution in [0.3, 0.4) is 0 Å². The van der Waals surface area contributed by atoms with Crippen LogP contribution in [0.5, 0.6) is 11.5 Å². The minimum atomic E-state index is -0.733. The van der Waals surface area contributed by atoms with Crippen LogP contribution < -0.4 is 10.3 Å². The Hall–Kier alpha value is -3.02. The largest absolute Gasteiger partial charge is 0.506 e. The molecular formula is C15H12N2O4. The first kappa shape index (κ1) is 13.0. The number of hydrogen-bond donors (Lipinski definition) is 2. The van der Waals surface area contributed by atoms with Crippen molar-refractivity contribution < 1.29 is 15.1 Å². The highest BCUT2D eigenvalue weighted by Crippen LogP contribution is 2.32. The second-order valence-electron chi connectivity index (χ2n) is 4.44. The van der Waals surface area contributed by atoms with Crippen LogP contribution in [0.1, 0.15) is 0 Å². The number of nitrogens with zero attached hydrogens (tertiary/aromatic N) is 2. The van der Waals surface area contributed by atoms with Crippen molar-refractivity contribution in [3.63, 3.8) is 0 Å². The number of methoxy groups -OCH3 is 1. The first-order valence-corrected chi connectivity index (χ1v) is 6.20. The molecule has 106 valence electrons. The van der Waals surface area contributed by atoms with Gasteiger partial charge in [-0.2, -0.15) is 0 Å². The number of hydrogen-bond acceptors (Lipinski definition) is 5. The first-order valence-electron chi connectivity index (χ1n) is 6.20. The lowest BCUT2D eigenvalue weighted by molar-refractivity contribution is 0.186. The standard InChI is InChI=1S/C15H12N2O4/c1-21-10-6-4-9(5-7-10)12-13(18)11-3-2-8-16-14(11)17(20)15(12)19/h2-8,18,20H,1H3. The molecule has 0 amide bonds. The highest BCUT2D eigenvalue weighted by molar-refractivity contribution is 5.89. The normalized spacial score (nSPS) is 10.7. The van der Waals surface area contributed by atoms with Gasteiger partial charge in [-0.1, -0.05) is 12.1 Å². The molecule has 0 spiro atoms. The van der Waals surface area contributed by atoms with Gasteiger partial charge in [0.1, 0.15) is 11.5 Å². The third-order valence-corrected chi connectivity index (χ3v) is 3.26. The molecule has 0 atom stereocenters. The Morgan fingerprint density at radius 1 is 1.19 bits per heavy atom. The summed E-state index contributed by atoms with van der Waals surface area (Å²) in [7, 11) is 1.54. The van der Waals surface area contributed by atoms with E-state index < -0.39 is 5.56 Å². The number of aromatic nitrogens is 2. The highest BCUT2D eigenvalue weighted by atomic mass is 16.5. The molecule has 2 heterocycles. The molecule has 0 aliphatic carbocycles. The van der Waals surface area contributed by atoms with Crippen molar-refractivity contribution in [2.24, 2.45) is 0 Å². The Labute approximate surface area is 119 Å². The van der Waals surface area contributed by atoms with Crippen molar-refractivity contribution in [2.45, 2.75) is 0 Å². The van der Waals surface area contributed by atoms with Gasteiger partial charge in [-0.05, 0) is 29.8 Å². The molecule has 6 nitrogen and oxygen atoms in total. The van der Waals surface area contributed by atoms with E-state index in [1.165, 1.54) is 13.3 Å². The maximum absolute atomic E-state index is 12.2. The Balaban J connectivity index is 2.34. The minimum Gasteiger partial charge on any atom is -0.506 e. The summed E-state index contributed by atoms with van der Waals surface area (Å²) in [4.78, 5) is 16.1. The van der Waals surface area contributed by atoms with Gasteiger partial charge in [0.05, 0.1) is 18.1 Å². The lowest BCUT2D eigenvalue weighted by Crippen LogP contribution is -2.20. The van der Waals surface area contributed by atoms with Crippen molar-refractivity contribution in [2.75, 3.05) is 7.11 Å². The summed E-state index contributed by atoms with van der Waals surface area (Å²) in [5.74, 6) is 0.420. The maximum atomic E-state index is 12.2. The SMILES string of the molecule is COc1ccc(-c2c(O)c3cccnc3n(O)c2=O)cc1. The molecule has 6 heteroatoms. The van der Waals surface area contributed by atoms with E-state index in [1.807, 2.05) is 0 Å². The fourth-order valence-electron chi connectivity index (χ4n) is 2.21. The van der Waals surface area contributed by atoms with Gasteiger partial charge in [-0.25, -0.2) is 4.98 Å². The number of aromatic hydroxyl groups is 1. The summed E-state index contributed by atoms with van der Waals surface area (Å²) in [6.45, 7) is 0. The molecule has 0 aliphatic heterocycles. The number of benzene rings is 1. The van der Waals surface area contributed by atoms with E-state index in [0.29, 0.717) is 21.4 Å². The second kappa shape index (κ2) is 4.82. The van der Waals surface area contributed by atoms with Crippen molar-refractivity contribution in [1.82, 2.24) is 9.71 Å². The molecule has 0 unspecified atom stereocenters. The number of ether oxygens (including phenoxy) is 1. The van der Waals surface area contributed by atoms with Crippen molar-refractivity contribution in [1.29, 1.82) is 0 Å². The molecule has 2 N–H and O–H groups in total. The Morgan fingerprint density at radius 2 is 1.90 bits per heavy atom. The van der Waals surface area contributed by atoms with Crippen LogP contribution in [0.2, 0.25) is 0 Å². The Kier molecular flexibility index (Phi) is 2.98. The Morgan fingerprint density at radius 3 is 2.57 bits per heavy atom. The third-order valence-electron chi connectivity index (χ3n) is 3.26. The quantitative estimate of drug-likeness (QED) is 0.703. The molecule has 3 aromatic rings. The van der Waals surface area contributed by atoms with Crippen LogP contribution >= 0.6 is 0 Å². The topological polar surface area (TPSA) is 84.6 Å². The van der Waals surface area contributed by atoms with Crippen LogP contribution in [0, 0.1) is 0 Å². The summed E-state index contributed by atoms with van der Waals surface area (Å²) in [5, 5.41) is 20.6. The van der Waals surface area contributed by atoms with E-state index in [1.54, 1.807) is 36.4 Å². The van der Waals surface area contributed by atoms with Gasteiger partial charge in [0.2, 0.25) is 0 Å². The molecule has 0 radical (unpaired) electrons. The average molecular weight is 284 g/mol. The van der Waals surface area contributed by atoms with Gasteiger partial charge in [0.25, 0.3) is 5.56 Å². The van der Waals surface area contributed by atoms with Gasteiger partial charge in [-0.15, -0.1) is 4.73 Å². The number of fused-ring (bicyclic) bond motifs is 1. The van der Waals surface area contributed by atoms with E-state index >= 15 is 0 Å². The molecule has 2 aromatic heterocycles. The van der Waals surface area contributed by atoms with Crippen LogP contribution in [-0.2, 0) is 0 Å². The van der Waals surface area contributed by atoms with E-state index in [0.717, 1.165) is 0 Å². The van der Waals surface area contributed by atoms with Gasteiger partial charge in [0.15, 0.2) is 5.65 Å². The van der Waals surface area contributed by atoms with Crippen molar-refractivity contribution in [3.8, 4) is 22.6 Å². The lowest BCUT2D eigenvalue weighted by Gasteiger charge is -2.10. The van der Waals surface area contributed by atoms with E-state index in [9.17, 15) is 15.1 Å². The second-order valence-corrected chi connectivity index (χ2v) is 4.44. The van der Waals surface area contributed by atoms with Gasteiger partial charge < -0.3 is 15.1 Å². The van der Waals surface area contributed by atoms with Crippen LogP contribution in [0.15, 0.2) is 47.4 Å².